The Morgan fingerprint density at radius 2 is 2.00 bits per heavy atom. The van der Waals surface area contributed by atoms with Crippen molar-refractivity contribution < 1.29 is 4.79 Å². The summed E-state index contributed by atoms with van der Waals surface area (Å²) < 4.78 is 2.44. The second kappa shape index (κ2) is 8.92. The van der Waals surface area contributed by atoms with E-state index in [1.54, 1.807) is 10.6 Å². The summed E-state index contributed by atoms with van der Waals surface area (Å²) in [6, 6.07) is 13.3. The number of halogens is 1. The maximum atomic E-state index is 12.8. The molecule has 0 unspecified atom stereocenters. The normalized spacial score (nSPS) is 11.2. The Balaban J connectivity index is 1.81. The fourth-order valence-corrected chi connectivity index (χ4v) is 4.22. The predicted octanol–water partition coefficient (Wildman–Crippen LogP) is 5.03. The Morgan fingerprint density at radius 1 is 1.25 bits per heavy atom. The van der Waals surface area contributed by atoms with Crippen LogP contribution < -0.4 is 10.9 Å². The largest absolute Gasteiger partial charge is 0.325 e. The SMILES string of the molecule is CCn1c(SCC(=O)Nc2ccccc2C(C)C)nc2ccc(Br)cc2c1=O. The lowest BCUT2D eigenvalue weighted by Crippen LogP contribution is -2.23. The number of hydrogen-bond acceptors (Lipinski definition) is 4. The molecule has 146 valence electrons. The number of hydrogen-bond donors (Lipinski definition) is 1. The minimum absolute atomic E-state index is 0.0955. The lowest BCUT2D eigenvalue weighted by Gasteiger charge is -2.14. The van der Waals surface area contributed by atoms with Crippen LogP contribution in [0, 0.1) is 0 Å². The summed E-state index contributed by atoms with van der Waals surface area (Å²) in [7, 11) is 0. The number of carbonyl (C=O) groups is 1. The highest BCUT2D eigenvalue weighted by molar-refractivity contribution is 9.10. The van der Waals surface area contributed by atoms with E-state index in [-0.39, 0.29) is 17.2 Å². The van der Waals surface area contributed by atoms with Gasteiger partial charge in [-0.1, -0.05) is 59.7 Å². The summed E-state index contributed by atoms with van der Waals surface area (Å²) in [5, 5.41) is 4.09. The van der Waals surface area contributed by atoms with E-state index in [0.717, 1.165) is 15.7 Å². The zero-order valence-electron chi connectivity index (χ0n) is 16.0. The first-order valence-corrected chi connectivity index (χ1v) is 10.9. The molecule has 1 aromatic heterocycles. The summed E-state index contributed by atoms with van der Waals surface area (Å²) >= 11 is 4.67. The van der Waals surface area contributed by atoms with Crippen molar-refractivity contribution in [1.82, 2.24) is 9.55 Å². The van der Waals surface area contributed by atoms with Crippen LogP contribution in [0.15, 0.2) is 56.9 Å². The molecule has 0 bridgehead atoms. The molecule has 0 atom stereocenters. The highest BCUT2D eigenvalue weighted by atomic mass is 79.9. The zero-order chi connectivity index (χ0) is 20.3. The lowest BCUT2D eigenvalue weighted by atomic mass is 10.0. The van der Waals surface area contributed by atoms with Gasteiger partial charge in [0.15, 0.2) is 5.16 Å². The molecule has 0 saturated carbocycles. The highest BCUT2D eigenvalue weighted by Crippen LogP contribution is 2.25. The summed E-state index contributed by atoms with van der Waals surface area (Å²) in [5.41, 5.74) is 2.46. The molecule has 0 saturated heterocycles. The third-order valence-corrected chi connectivity index (χ3v) is 5.86. The van der Waals surface area contributed by atoms with Gasteiger partial charge < -0.3 is 5.32 Å². The average Bonchev–Trinajstić information content (AvgIpc) is 2.67. The van der Waals surface area contributed by atoms with Crippen LogP contribution in [0.2, 0.25) is 0 Å². The number of thioether (sulfide) groups is 1. The topological polar surface area (TPSA) is 64.0 Å². The fourth-order valence-electron chi connectivity index (χ4n) is 2.99. The molecule has 0 aliphatic heterocycles. The lowest BCUT2D eigenvalue weighted by molar-refractivity contribution is -0.113. The zero-order valence-corrected chi connectivity index (χ0v) is 18.4. The average molecular weight is 460 g/mol. The van der Waals surface area contributed by atoms with E-state index in [0.29, 0.717) is 28.5 Å². The number of amides is 1. The van der Waals surface area contributed by atoms with Crippen LogP contribution in [-0.4, -0.2) is 21.2 Å². The van der Waals surface area contributed by atoms with E-state index in [1.165, 1.54) is 11.8 Å². The van der Waals surface area contributed by atoms with Gasteiger partial charge in [-0.05, 0) is 42.7 Å². The van der Waals surface area contributed by atoms with Gasteiger partial charge in [0.05, 0.1) is 16.7 Å². The summed E-state index contributed by atoms with van der Waals surface area (Å²) in [6.07, 6.45) is 0. The molecule has 0 aliphatic rings. The van der Waals surface area contributed by atoms with Gasteiger partial charge in [-0.15, -0.1) is 0 Å². The van der Waals surface area contributed by atoms with Crippen LogP contribution in [0.25, 0.3) is 10.9 Å². The molecular weight excluding hydrogens is 438 g/mol. The van der Waals surface area contributed by atoms with Crippen molar-refractivity contribution in [3.8, 4) is 0 Å². The molecule has 28 heavy (non-hydrogen) atoms. The number of nitrogens with zero attached hydrogens (tertiary/aromatic N) is 2. The molecule has 2 aromatic carbocycles. The molecule has 1 amide bonds. The Morgan fingerprint density at radius 3 is 2.71 bits per heavy atom. The minimum atomic E-state index is -0.120. The Kier molecular flexibility index (Phi) is 6.57. The van der Waals surface area contributed by atoms with Crippen LogP contribution in [0.4, 0.5) is 5.69 Å². The molecule has 3 rings (SSSR count). The molecule has 0 fully saturated rings. The maximum Gasteiger partial charge on any atom is 0.262 e. The number of rotatable bonds is 6. The van der Waals surface area contributed by atoms with Gasteiger partial charge in [0.2, 0.25) is 5.91 Å². The van der Waals surface area contributed by atoms with Crippen molar-refractivity contribution >= 4 is 50.2 Å². The van der Waals surface area contributed by atoms with Crippen molar-refractivity contribution in [1.29, 1.82) is 0 Å². The maximum absolute atomic E-state index is 12.8. The number of carbonyl (C=O) groups excluding carboxylic acids is 1. The summed E-state index contributed by atoms with van der Waals surface area (Å²) in [5.74, 6) is 0.378. The number of aromatic nitrogens is 2. The van der Waals surface area contributed by atoms with E-state index >= 15 is 0 Å². The van der Waals surface area contributed by atoms with E-state index < -0.39 is 0 Å². The van der Waals surface area contributed by atoms with E-state index in [1.807, 2.05) is 43.3 Å². The Bertz CT molecular complexity index is 1080. The van der Waals surface area contributed by atoms with Gasteiger partial charge in [-0.2, -0.15) is 0 Å². The third kappa shape index (κ3) is 4.47. The molecule has 3 aromatic rings. The highest BCUT2D eigenvalue weighted by Gasteiger charge is 2.14. The van der Waals surface area contributed by atoms with Gasteiger partial charge in [0.25, 0.3) is 5.56 Å². The first-order valence-electron chi connectivity index (χ1n) is 9.12. The van der Waals surface area contributed by atoms with Crippen molar-refractivity contribution in [2.75, 3.05) is 11.1 Å². The molecule has 5 nitrogen and oxygen atoms in total. The van der Waals surface area contributed by atoms with Crippen molar-refractivity contribution in [3.63, 3.8) is 0 Å². The van der Waals surface area contributed by atoms with Gasteiger partial charge in [-0.25, -0.2) is 4.98 Å². The predicted molar refractivity (Wildman–Crippen MR) is 119 cm³/mol. The monoisotopic (exact) mass is 459 g/mol. The molecule has 7 heteroatoms. The minimum Gasteiger partial charge on any atom is -0.325 e. The molecule has 0 radical (unpaired) electrons. The van der Waals surface area contributed by atoms with Crippen LogP contribution in [-0.2, 0) is 11.3 Å². The second-order valence-corrected chi connectivity index (χ2v) is 8.54. The molecule has 0 aliphatic carbocycles. The van der Waals surface area contributed by atoms with E-state index in [2.05, 4.69) is 40.1 Å². The molecular formula is C21H22BrN3O2S. The number of para-hydroxylation sites is 1. The quantitative estimate of drug-likeness (QED) is 0.414. The van der Waals surface area contributed by atoms with Crippen LogP contribution in [0.1, 0.15) is 32.3 Å². The summed E-state index contributed by atoms with van der Waals surface area (Å²) in [4.78, 5) is 29.9. The second-order valence-electron chi connectivity index (χ2n) is 6.68. The number of fused-ring (bicyclic) bond motifs is 1. The number of anilines is 1. The summed E-state index contributed by atoms with van der Waals surface area (Å²) in [6.45, 7) is 6.58. The van der Waals surface area contributed by atoms with E-state index in [9.17, 15) is 9.59 Å². The molecule has 1 N–H and O–H groups in total. The van der Waals surface area contributed by atoms with Crippen LogP contribution >= 0.6 is 27.7 Å². The van der Waals surface area contributed by atoms with E-state index in [4.69, 9.17) is 0 Å². The first-order chi connectivity index (χ1) is 13.4. The number of benzene rings is 2. The Labute approximate surface area is 176 Å². The third-order valence-electron chi connectivity index (χ3n) is 4.39. The van der Waals surface area contributed by atoms with Crippen LogP contribution in [0.3, 0.4) is 0 Å². The molecule has 1 heterocycles. The van der Waals surface area contributed by atoms with Crippen molar-refractivity contribution in [2.24, 2.45) is 0 Å². The van der Waals surface area contributed by atoms with Gasteiger partial charge in [0, 0.05) is 16.7 Å². The first kappa shape index (κ1) is 20.6. The smallest absolute Gasteiger partial charge is 0.262 e. The Hall–Kier alpha value is -2.12. The standard InChI is InChI=1S/C21H22BrN3O2S/c1-4-25-20(27)16-11-14(22)9-10-18(16)24-21(25)28-12-19(26)23-17-8-6-5-7-15(17)13(2)3/h5-11,13H,4,12H2,1-3H3,(H,23,26). The van der Waals surface area contributed by atoms with Crippen molar-refractivity contribution in [3.05, 3.63) is 62.9 Å². The number of nitrogens with one attached hydrogen (secondary N) is 1. The molecule has 0 spiro atoms. The van der Waals surface area contributed by atoms with Gasteiger partial charge in [0.1, 0.15) is 0 Å². The van der Waals surface area contributed by atoms with Gasteiger partial charge in [-0.3, -0.25) is 14.2 Å². The van der Waals surface area contributed by atoms with Crippen LogP contribution in [0.5, 0.6) is 0 Å². The van der Waals surface area contributed by atoms with Crippen molar-refractivity contribution in [2.45, 2.75) is 38.4 Å². The van der Waals surface area contributed by atoms with Gasteiger partial charge >= 0.3 is 0 Å². The fraction of sp³-hybridized carbons (Fsp3) is 0.286.